The number of nitrogens with one attached hydrogen (secondary N) is 1. The topological polar surface area (TPSA) is 67.2 Å². The summed E-state index contributed by atoms with van der Waals surface area (Å²) in [6.45, 7) is 7.85. The predicted octanol–water partition coefficient (Wildman–Crippen LogP) is 3.05. The standard InChI is InChI=1S/C24H38N6O2/c1-7-26-24(29-12-10-18(2)21(16-29)30-13-11-25-17-30)27-15-20(28(3)4)19-8-9-22(31-5)23(14-19)32-6/h8-9,11,13-14,17-18,20-21H,7,10,12,15-16H2,1-6H3,(H,26,27). The van der Waals surface area contributed by atoms with Crippen molar-refractivity contribution in [2.45, 2.75) is 32.4 Å². The number of methoxy groups -OCH3 is 2. The van der Waals surface area contributed by atoms with Gasteiger partial charge in [-0.3, -0.25) is 4.99 Å². The second-order valence-corrected chi connectivity index (χ2v) is 8.58. The summed E-state index contributed by atoms with van der Waals surface area (Å²) in [5.41, 5.74) is 1.15. The number of rotatable bonds is 8. The van der Waals surface area contributed by atoms with E-state index in [0.29, 0.717) is 18.5 Å². The number of benzene rings is 1. The molecule has 0 amide bonds. The lowest BCUT2D eigenvalue weighted by molar-refractivity contribution is 0.188. The Bertz CT molecular complexity index is 867. The number of guanidine groups is 1. The van der Waals surface area contributed by atoms with Gasteiger partial charge in [-0.05, 0) is 51.1 Å². The molecule has 3 unspecified atom stereocenters. The van der Waals surface area contributed by atoms with E-state index in [0.717, 1.165) is 49.1 Å². The first kappa shape index (κ1) is 23.9. The van der Waals surface area contributed by atoms with E-state index in [1.54, 1.807) is 14.2 Å². The van der Waals surface area contributed by atoms with Crippen LogP contribution in [0.5, 0.6) is 11.5 Å². The second kappa shape index (κ2) is 11.2. The van der Waals surface area contributed by atoms with Crippen molar-refractivity contribution >= 4 is 5.96 Å². The summed E-state index contributed by atoms with van der Waals surface area (Å²) >= 11 is 0. The number of aromatic nitrogens is 2. The van der Waals surface area contributed by atoms with Crippen molar-refractivity contribution in [1.29, 1.82) is 0 Å². The van der Waals surface area contributed by atoms with Crippen LogP contribution in [0.15, 0.2) is 41.9 Å². The maximum Gasteiger partial charge on any atom is 0.194 e. The molecule has 3 rings (SSSR count). The molecule has 1 N–H and O–H groups in total. The molecule has 32 heavy (non-hydrogen) atoms. The van der Waals surface area contributed by atoms with Crippen LogP contribution in [0.1, 0.15) is 37.9 Å². The Labute approximate surface area is 192 Å². The zero-order chi connectivity index (χ0) is 23.1. The fourth-order valence-electron chi connectivity index (χ4n) is 4.32. The highest BCUT2D eigenvalue weighted by atomic mass is 16.5. The molecule has 1 aromatic carbocycles. The molecule has 0 aliphatic carbocycles. The van der Waals surface area contributed by atoms with Crippen molar-refractivity contribution < 1.29 is 9.47 Å². The second-order valence-electron chi connectivity index (χ2n) is 8.58. The first-order valence-electron chi connectivity index (χ1n) is 11.4. The van der Waals surface area contributed by atoms with Crippen molar-refractivity contribution in [2.75, 3.05) is 54.5 Å². The highest BCUT2D eigenvalue weighted by Crippen LogP contribution is 2.32. The van der Waals surface area contributed by atoms with Gasteiger partial charge in [-0.15, -0.1) is 0 Å². The van der Waals surface area contributed by atoms with E-state index >= 15 is 0 Å². The average molecular weight is 443 g/mol. The summed E-state index contributed by atoms with van der Waals surface area (Å²) in [5.74, 6) is 3.04. The third-order valence-corrected chi connectivity index (χ3v) is 6.29. The smallest absolute Gasteiger partial charge is 0.194 e. The molecule has 1 aliphatic rings. The highest BCUT2D eigenvalue weighted by Gasteiger charge is 2.29. The van der Waals surface area contributed by atoms with Gasteiger partial charge in [0.15, 0.2) is 17.5 Å². The van der Waals surface area contributed by atoms with Crippen molar-refractivity contribution in [3.05, 3.63) is 42.5 Å². The van der Waals surface area contributed by atoms with Crippen LogP contribution in [-0.2, 0) is 0 Å². The third kappa shape index (κ3) is 5.54. The lowest BCUT2D eigenvalue weighted by atomic mass is 9.93. The molecule has 0 radical (unpaired) electrons. The summed E-state index contributed by atoms with van der Waals surface area (Å²) in [4.78, 5) is 13.9. The van der Waals surface area contributed by atoms with Crippen LogP contribution < -0.4 is 14.8 Å². The number of likely N-dealkylation sites (tertiary alicyclic amines) is 1. The zero-order valence-electron chi connectivity index (χ0n) is 20.3. The maximum atomic E-state index is 5.52. The van der Waals surface area contributed by atoms with Crippen LogP contribution in [0.25, 0.3) is 0 Å². The lowest BCUT2D eigenvalue weighted by Gasteiger charge is -2.39. The number of nitrogens with zero attached hydrogens (tertiary/aromatic N) is 5. The van der Waals surface area contributed by atoms with Gasteiger partial charge in [0.1, 0.15) is 0 Å². The molecule has 0 bridgehead atoms. The molecule has 8 nitrogen and oxygen atoms in total. The van der Waals surface area contributed by atoms with Crippen molar-refractivity contribution in [3.8, 4) is 11.5 Å². The molecule has 0 saturated carbocycles. The Hall–Kier alpha value is -2.74. The molecule has 2 heterocycles. The molecular formula is C24H38N6O2. The van der Waals surface area contributed by atoms with Crippen LogP contribution in [0.3, 0.4) is 0 Å². The van der Waals surface area contributed by atoms with Crippen molar-refractivity contribution in [3.63, 3.8) is 0 Å². The number of aliphatic imine (C=N–C) groups is 1. The minimum absolute atomic E-state index is 0.122. The molecule has 176 valence electrons. The Balaban J connectivity index is 1.80. The van der Waals surface area contributed by atoms with E-state index in [4.69, 9.17) is 14.5 Å². The number of imidazole rings is 1. The van der Waals surface area contributed by atoms with Gasteiger partial charge in [-0.1, -0.05) is 13.0 Å². The monoisotopic (exact) mass is 442 g/mol. The quantitative estimate of drug-likeness (QED) is 0.501. The van der Waals surface area contributed by atoms with E-state index in [1.807, 2.05) is 24.7 Å². The molecule has 0 spiro atoms. The van der Waals surface area contributed by atoms with Crippen LogP contribution in [0.4, 0.5) is 0 Å². The molecule has 3 atom stereocenters. The summed E-state index contributed by atoms with van der Waals surface area (Å²) in [7, 11) is 7.50. The molecule has 2 aromatic rings. The molecular weight excluding hydrogens is 404 g/mol. The maximum absolute atomic E-state index is 5.52. The third-order valence-electron chi connectivity index (χ3n) is 6.29. The van der Waals surface area contributed by atoms with Gasteiger partial charge >= 0.3 is 0 Å². The largest absolute Gasteiger partial charge is 0.493 e. The van der Waals surface area contributed by atoms with Gasteiger partial charge in [-0.2, -0.15) is 0 Å². The van der Waals surface area contributed by atoms with E-state index in [2.05, 4.69) is 64.9 Å². The van der Waals surface area contributed by atoms with Crippen LogP contribution >= 0.6 is 0 Å². The summed E-state index contributed by atoms with van der Waals surface area (Å²) in [5, 5.41) is 3.51. The number of hydrogen-bond donors (Lipinski definition) is 1. The average Bonchev–Trinajstić information content (AvgIpc) is 3.33. The molecule has 1 aliphatic heterocycles. The van der Waals surface area contributed by atoms with Gasteiger partial charge < -0.3 is 29.2 Å². The molecule has 1 fully saturated rings. The van der Waals surface area contributed by atoms with Gasteiger partial charge in [0.2, 0.25) is 0 Å². The van der Waals surface area contributed by atoms with Crippen LogP contribution in [0.2, 0.25) is 0 Å². The first-order chi connectivity index (χ1) is 15.5. The van der Waals surface area contributed by atoms with Gasteiger partial charge in [-0.25, -0.2) is 4.98 Å². The number of hydrogen-bond acceptors (Lipinski definition) is 5. The Morgan fingerprint density at radius 1 is 1.28 bits per heavy atom. The van der Waals surface area contributed by atoms with Gasteiger partial charge in [0, 0.05) is 32.0 Å². The van der Waals surface area contributed by atoms with Crippen molar-refractivity contribution in [2.24, 2.45) is 10.9 Å². The van der Waals surface area contributed by atoms with E-state index in [-0.39, 0.29) is 6.04 Å². The van der Waals surface area contributed by atoms with E-state index in [9.17, 15) is 0 Å². The Morgan fingerprint density at radius 3 is 2.69 bits per heavy atom. The van der Waals surface area contributed by atoms with Crippen molar-refractivity contribution in [1.82, 2.24) is 24.7 Å². The molecule has 1 aromatic heterocycles. The molecule has 1 saturated heterocycles. The number of likely N-dealkylation sites (N-methyl/N-ethyl adjacent to an activating group) is 1. The van der Waals surface area contributed by atoms with Crippen LogP contribution in [-0.4, -0.2) is 79.8 Å². The number of ether oxygens (including phenoxy) is 2. The summed E-state index contributed by atoms with van der Waals surface area (Å²) in [6.07, 6.45) is 6.97. The van der Waals surface area contributed by atoms with Gasteiger partial charge in [0.25, 0.3) is 0 Å². The fourth-order valence-corrected chi connectivity index (χ4v) is 4.32. The SMILES string of the molecule is CCNC(=NCC(c1ccc(OC)c(OC)c1)N(C)C)N1CCC(C)C(n2ccnc2)C1. The van der Waals surface area contributed by atoms with Gasteiger partial charge in [0.05, 0.1) is 39.2 Å². The Morgan fingerprint density at radius 2 is 2.06 bits per heavy atom. The normalized spacial score (nSPS) is 20.3. The zero-order valence-corrected chi connectivity index (χ0v) is 20.3. The fraction of sp³-hybridized carbons (Fsp3) is 0.583. The molecule has 8 heteroatoms. The van der Waals surface area contributed by atoms with Crippen LogP contribution in [0, 0.1) is 5.92 Å². The summed E-state index contributed by atoms with van der Waals surface area (Å²) in [6, 6.07) is 6.61. The first-order valence-corrected chi connectivity index (χ1v) is 11.4. The minimum atomic E-state index is 0.122. The predicted molar refractivity (Wildman–Crippen MR) is 129 cm³/mol. The minimum Gasteiger partial charge on any atom is -0.493 e. The summed E-state index contributed by atoms with van der Waals surface area (Å²) < 4.78 is 13.1. The Kier molecular flexibility index (Phi) is 8.39. The lowest BCUT2D eigenvalue weighted by Crippen LogP contribution is -2.49. The highest BCUT2D eigenvalue weighted by molar-refractivity contribution is 5.80. The van der Waals surface area contributed by atoms with E-state index < -0.39 is 0 Å². The van der Waals surface area contributed by atoms with E-state index in [1.165, 1.54) is 0 Å². The number of piperidine rings is 1.